The van der Waals surface area contributed by atoms with E-state index in [1.807, 2.05) is 0 Å². The van der Waals surface area contributed by atoms with Crippen molar-refractivity contribution in [3.63, 3.8) is 0 Å². The van der Waals surface area contributed by atoms with Gasteiger partial charge in [-0.05, 0) is 44.0 Å². The second-order valence-electron chi connectivity index (χ2n) is 4.78. The predicted octanol–water partition coefficient (Wildman–Crippen LogP) is 2.19. The Morgan fingerprint density at radius 1 is 1.35 bits per heavy atom. The molecule has 1 aliphatic rings. The lowest BCUT2D eigenvalue weighted by Gasteiger charge is -2.23. The quantitative estimate of drug-likeness (QED) is 0.849. The molecule has 1 aromatic rings. The predicted molar refractivity (Wildman–Crippen MR) is 72.0 cm³/mol. The van der Waals surface area contributed by atoms with Crippen LogP contribution in [-0.4, -0.2) is 32.8 Å². The van der Waals surface area contributed by atoms with Gasteiger partial charge < -0.3 is 15.0 Å². The highest BCUT2D eigenvalue weighted by atomic mass is 16.5. The summed E-state index contributed by atoms with van der Waals surface area (Å²) in [5.74, 6) is 0.968. The van der Waals surface area contributed by atoms with E-state index in [1.165, 1.54) is 17.7 Å². The molecule has 0 radical (unpaired) electrons. The van der Waals surface area contributed by atoms with E-state index in [-0.39, 0.29) is 0 Å². The average molecular weight is 234 g/mol. The molecule has 1 N–H and O–H groups in total. The van der Waals surface area contributed by atoms with E-state index in [9.17, 15) is 0 Å². The van der Waals surface area contributed by atoms with E-state index in [4.69, 9.17) is 4.74 Å². The van der Waals surface area contributed by atoms with Crippen LogP contribution in [0.3, 0.4) is 0 Å². The molecule has 1 aliphatic heterocycles. The minimum Gasteiger partial charge on any atom is -0.496 e. The fraction of sp³-hybridized carbons (Fsp3) is 0.571. The zero-order valence-electron chi connectivity index (χ0n) is 11.0. The molecule has 0 saturated carbocycles. The Morgan fingerprint density at radius 2 is 2.18 bits per heavy atom. The third-order valence-corrected chi connectivity index (χ3v) is 3.45. The third kappa shape index (κ3) is 2.91. The van der Waals surface area contributed by atoms with Gasteiger partial charge in [0.2, 0.25) is 0 Å². The molecular weight excluding hydrogens is 212 g/mol. The number of ether oxygens (including phenoxy) is 1. The smallest absolute Gasteiger partial charge is 0.121 e. The van der Waals surface area contributed by atoms with Crippen molar-refractivity contribution in [2.24, 2.45) is 0 Å². The van der Waals surface area contributed by atoms with Crippen molar-refractivity contribution < 1.29 is 4.74 Å². The van der Waals surface area contributed by atoms with Crippen molar-refractivity contribution in [1.82, 2.24) is 5.32 Å². The standard InChI is InChI=1S/C14H22N2O/c1-11-10-13(4-5-14(11)17-3)16-8-6-12(2)15-7-9-16/h4-5,10,12,15H,6-9H2,1-3H3. The molecule has 0 aliphatic carbocycles. The van der Waals surface area contributed by atoms with E-state index in [1.54, 1.807) is 7.11 Å². The first-order chi connectivity index (χ1) is 8.20. The van der Waals surface area contributed by atoms with Crippen LogP contribution in [-0.2, 0) is 0 Å². The molecule has 0 amide bonds. The van der Waals surface area contributed by atoms with Crippen molar-refractivity contribution in [2.75, 3.05) is 31.6 Å². The van der Waals surface area contributed by atoms with Gasteiger partial charge in [-0.3, -0.25) is 0 Å². The SMILES string of the molecule is COc1ccc(N2CCNC(C)CC2)cc1C. The maximum atomic E-state index is 5.30. The number of benzene rings is 1. The lowest BCUT2D eigenvalue weighted by Crippen LogP contribution is -2.28. The first-order valence-electron chi connectivity index (χ1n) is 6.33. The number of nitrogens with zero attached hydrogens (tertiary/aromatic N) is 1. The first-order valence-corrected chi connectivity index (χ1v) is 6.33. The Morgan fingerprint density at radius 3 is 2.88 bits per heavy atom. The summed E-state index contributed by atoms with van der Waals surface area (Å²) in [6.07, 6.45) is 1.20. The Kier molecular flexibility index (Phi) is 3.89. The second-order valence-corrected chi connectivity index (χ2v) is 4.78. The maximum absolute atomic E-state index is 5.30. The van der Waals surface area contributed by atoms with Gasteiger partial charge in [0.1, 0.15) is 5.75 Å². The Labute approximate surface area is 104 Å². The number of hydrogen-bond donors (Lipinski definition) is 1. The van der Waals surface area contributed by atoms with E-state index in [0.29, 0.717) is 6.04 Å². The van der Waals surface area contributed by atoms with Crippen molar-refractivity contribution in [3.8, 4) is 5.75 Å². The molecule has 1 atom stereocenters. The lowest BCUT2D eigenvalue weighted by atomic mass is 10.1. The molecule has 1 aromatic carbocycles. The van der Waals surface area contributed by atoms with Gasteiger partial charge in [-0.15, -0.1) is 0 Å². The van der Waals surface area contributed by atoms with E-state index in [0.717, 1.165) is 25.4 Å². The van der Waals surface area contributed by atoms with Crippen molar-refractivity contribution in [2.45, 2.75) is 26.3 Å². The topological polar surface area (TPSA) is 24.5 Å². The summed E-state index contributed by atoms with van der Waals surface area (Å²) < 4.78 is 5.30. The van der Waals surface area contributed by atoms with Crippen LogP contribution >= 0.6 is 0 Å². The number of hydrogen-bond acceptors (Lipinski definition) is 3. The van der Waals surface area contributed by atoms with Crippen LogP contribution in [0.25, 0.3) is 0 Å². The minimum absolute atomic E-state index is 0.624. The highest BCUT2D eigenvalue weighted by Crippen LogP contribution is 2.24. The van der Waals surface area contributed by atoms with Gasteiger partial charge in [0, 0.05) is 31.4 Å². The van der Waals surface area contributed by atoms with Gasteiger partial charge in [-0.2, -0.15) is 0 Å². The van der Waals surface area contributed by atoms with Crippen LogP contribution in [0.15, 0.2) is 18.2 Å². The van der Waals surface area contributed by atoms with E-state index < -0.39 is 0 Å². The fourth-order valence-electron chi connectivity index (χ4n) is 2.33. The van der Waals surface area contributed by atoms with Crippen molar-refractivity contribution in [3.05, 3.63) is 23.8 Å². The summed E-state index contributed by atoms with van der Waals surface area (Å²) in [6, 6.07) is 7.06. The molecule has 1 unspecified atom stereocenters. The largest absolute Gasteiger partial charge is 0.496 e. The third-order valence-electron chi connectivity index (χ3n) is 3.45. The van der Waals surface area contributed by atoms with Crippen LogP contribution in [0, 0.1) is 6.92 Å². The normalized spacial score (nSPS) is 21.1. The zero-order valence-corrected chi connectivity index (χ0v) is 11.0. The molecule has 17 heavy (non-hydrogen) atoms. The Balaban J connectivity index is 2.13. The molecule has 0 aromatic heterocycles. The summed E-state index contributed by atoms with van der Waals surface area (Å²) in [5, 5.41) is 3.52. The Hall–Kier alpha value is -1.22. The van der Waals surface area contributed by atoms with Crippen LogP contribution in [0.1, 0.15) is 18.9 Å². The van der Waals surface area contributed by atoms with Crippen LogP contribution in [0.4, 0.5) is 5.69 Å². The second kappa shape index (κ2) is 5.41. The van der Waals surface area contributed by atoms with E-state index >= 15 is 0 Å². The van der Waals surface area contributed by atoms with Gasteiger partial charge in [-0.25, -0.2) is 0 Å². The van der Waals surface area contributed by atoms with Crippen molar-refractivity contribution >= 4 is 5.69 Å². The molecule has 1 heterocycles. The highest BCUT2D eigenvalue weighted by molar-refractivity contribution is 5.53. The molecule has 3 nitrogen and oxygen atoms in total. The molecule has 1 saturated heterocycles. The number of rotatable bonds is 2. The summed E-state index contributed by atoms with van der Waals surface area (Å²) in [6.45, 7) is 7.62. The summed E-state index contributed by atoms with van der Waals surface area (Å²) >= 11 is 0. The summed E-state index contributed by atoms with van der Waals surface area (Å²) in [5.41, 5.74) is 2.51. The fourth-order valence-corrected chi connectivity index (χ4v) is 2.33. The highest BCUT2D eigenvalue weighted by Gasteiger charge is 2.14. The maximum Gasteiger partial charge on any atom is 0.121 e. The van der Waals surface area contributed by atoms with Gasteiger partial charge in [0.25, 0.3) is 0 Å². The molecule has 0 bridgehead atoms. The lowest BCUT2D eigenvalue weighted by molar-refractivity contribution is 0.411. The number of nitrogens with one attached hydrogen (secondary N) is 1. The molecule has 3 heteroatoms. The van der Waals surface area contributed by atoms with Gasteiger partial charge in [0.05, 0.1) is 7.11 Å². The van der Waals surface area contributed by atoms with Gasteiger partial charge in [0.15, 0.2) is 0 Å². The number of methoxy groups -OCH3 is 1. The Bertz CT molecular complexity index is 378. The number of aryl methyl sites for hydroxylation is 1. The number of anilines is 1. The molecule has 94 valence electrons. The summed E-state index contributed by atoms with van der Waals surface area (Å²) in [4.78, 5) is 2.45. The van der Waals surface area contributed by atoms with Crippen LogP contribution in [0.2, 0.25) is 0 Å². The monoisotopic (exact) mass is 234 g/mol. The van der Waals surface area contributed by atoms with Gasteiger partial charge >= 0.3 is 0 Å². The van der Waals surface area contributed by atoms with Gasteiger partial charge in [-0.1, -0.05) is 0 Å². The van der Waals surface area contributed by atoms with Crippen LogP contribution in [0.5, 0.6) is 5.75 Å². The summed E-state index contributed by atoms with van der Waals surface area (Å²) in [7, 11) is 1.72. The van der Waals surface area contributed by atoms with Crippen LogP contribution < -0.4 is 15.0 Å². The zero-order chi connectivity index (χ0) is 12.3. The molecule has 0 spiro atoms. The molecule has 1 fully saturated rings. The van der Waals surface area contributed by atoms with E-state index in [2.05, 4.69) is 42.3 Å². The molecular formula is C14H22N2O. The minimum atomic E-state index is 0.624. The average Bonchev–Trinajstić information content (AvgIpc) is 2.54. The molecule has 2 rings (SSSR count). The van der Waals surface area contributed by atoms with Crippen molar-refractivity contribution in [1.29, 1.82) is 0 Å². The first kappa shape index (κ1) is 12.2.